The van der Waals surface area contributed by atoms with Gasteiger partial charge in [0, 0.05) is 0 Å². The summed E-state index contributed by atoms with van der Waals surface area (Å²) in [7, 11) is 0. The lowest BCUT2D eigenvalue weighted by molar-refractivity contribution is 0.852. The van der Waals surface area contributed by atoms with Crippen molar-refractivity contribution in [2.24, 2.45) is 0 Å². The van der Waals surface area contributed by atoms with E-state index in [2.05, 4.69) is 44.2 Å². The minimum Gasteiger partial charge on any atom is -0.0836 e. The van der Waals surface area contributed by atoms with E-state index in [0.29, 0.717) is 5.92 Å². The lowest BCUT2D eigenvalue weighted by Gasteiger charge is -2.16. The molecule has 68 valence electrons. The second-order valence-electron chi connectivity index (χ2n) is 4.02. The average Bonchev–Trinajstić information content (AvgIpc) is 2.17. The molecule has 1 aromatic carbocycles. The molecule has 0 atom stereocenters. The summed E-state index contributed by atoms with van der Waals surface area (Å²) in [6.45, 7) is 4.52. The van der Waals surface area contributed by atoms with Crippen molar-refractivity contribution in [1.29, 1.82) is 0 Å². The van der Waals surface area contributed by atoms with E-state index in [1.165, 1.54) is 29.5 Å². The first-order valence-corrected chi connectivity index (χ1v) is 5.07. The Labute approximate surface area is 80.3 Å². The molecule has 0 aliphatic heterocycles. The number of allylic oxidation sites excluding steroid dienone is 1. The van der Waals surface area contributed by atoms with Gasteiger partial charge in [-0.25, -0.2) is 0 Å². The minimum atomic E-state index is 0.637. The Balaban J connectivity index is 2.54. The lowest BCUT2D eigenvalue weighted by atomic mass is 9.89. The molecule has 0 N–H and O–H groups in total. The summed E-state index contributed by atoms with van der Waals surface area (Å²) in [5, 5.41) is 0. The van der Waals surface area contributed by atoms with E-state index < -0.39 is 0 Å². The van der Waals surface area contributed by atoms with Gasteiger partial charge in [-0.15, -0.1) is 0 Å². The third-order valence-corrected chi connectivity index (χ3v) is 2.72. The molecule has 0 saturated carbocycles. The van der Waals surface area contributed by atoms with Crippen molar-refractivity contribution in [3.63, 3.8) is 0 Å². The molecule has 0 saturated heterocycles. The Bertz CT molecular complexity index is 332. The molecule has 0 amide bonds. The molecule has 1 aromatic rings. The van der Waals surface area contributed by atoms with Gasteiger partial charge in [-0.3, -0.25) is 0 Å². The first kappa shape index (κ1) is 8.55. The van der Waals surface area contributed by atoms with Crippen LogP contribution in [0.15, 0.2) is 24.3 Å². The van der Waals surface area contributed by atoms with Crippen LogP contribution in [0.25, 0.3) is 6.08 Å². The van der Waals surface area contributed by atoms with E-state index in [4.69, 9.17) is 0 Å². The summed E-state index contributed by atoms with van der Waals surface area (Å²) >= 11 is 0. The average molecular weight is 172 g/mol. The molecule has 0 aromatic heterocycles. The predicted molar refractivity (Wildman–Crippen MR) is 57.9 cm³/mol. The number of rotatable bonds is 1. The number of benzene rings is 1. The van der Waals surface area contributed by atoms with E-state index in [1.54, 1.807) is 0 Å². The SMILES string of the molecule is CC(C)c1cccc2c1C=CCC2. The van der Waals surface area contributed by atoms with Gasteiger partial charge in [0.05, 0.1) is 0 Å². The van der Waals surface area contributed by atoms with Gasteiger partial charge in [0.25, 0.3) is 0 Å². The van der Waals surface area contributed by atoms with Crippen molar-refractivity contribution in [2.45, 2.75) is 32.6 Å². The highest BCUT2D eigenvalue weighted by atomic mass is 14.1. The Hall–Kier alpha value is -1.04. The maximum absolute atomic E-state index is 2.29. The molecule has 1 aliphatic carbocycles. The van der Waals surface area contributed by atoms with Crippen LogP contribution in [0.4, 0.5) is 0 Å². The third kappa shape index (κ3) is 1.53. The second kappa shape index (κ2) is 3.37. The Kier molecular flexibility index (Phi) is 2.22. The molecule has 0 bridgehead atoms. The predicted octanol–water partition coefficient (Wildman–Crippen LogP) is 3.77. The Morgan fingerprint density at radius 3 is 2.85 bits per heavy atom. The number of aryl methyl sites for hydroxylation is 1. The van der Waals surface area contributed by atoms with Crippen molar-refractivity contribution in [3.05, 3.63) is 41.0 Å². The first-order valence-electron chi connectivity index (χ1n) is 5.07. The van der Waals surface area contributed by atoms with Crippen LogP contribution < -0.4 is 0 Å². The van der Waals surface area contributed by atoms with Crippen LogP contribution in [0.5, 0.6) is 0 Å². The number of fused-ring (bicyclic) bond motifs is 1. The molecule has 0 radical (unpaired) electrons. The molecule has 2 rings (SSSR count). The maximum Gasteiger partial charge on any atom is -0.0193 e. The molecule has 0 heterocycles. The van der Waals surface area contributed by atoms with Gasteiger partial charge in [0.2, 0.25) is 0 Å². The third-order valence-electron chi connectivity index (χ3n) is 2.72. The van der Waals surface area contributed by atoms with Crippen LogP contribution in [0.2, 0.25) is 0 Å². The highest BCUT2D eigenvalue weighted by molar-refractivity contribution is 5.60. The number of hydrogen-bond donors (Lipinski definition) is 0. The van der Waals surface area contributed by atoms with Crippen LogP contribution in [0.1, 0.15) is 42.9 Å². The monoisotopic (exact) mass is 172 g/mol. The molecule has 0 spiro atoms. The van der Waals surface area contributed by atoms with Gasteiger partial charge in [0.1, 0.15) is 0 Å². The molecule has 0 fully saturated rings. The summed E-state index contributed by atoms with van der Waals surface area (Å²) in [5.41, 5.74) is 4.49. The highest BCUT2D eigenvalue weighted by Crippen LogP contribution is 2.27. The van der Waals surface area contributed by atoms with Crippen LogP contribution in [-0.2, 0) is 6.42 Å². The van der Waals surface area contributed by atoms with Gasteiger partial charge >= 0.3 is 0 Å². The minimum absolute atomic E-state index is 0.637. The summed E-state index contributed by atoms with van der Waals surface area (Å²) in [4.78, 5) is 0. The van der Waals surface area contributed by atoms with Crippen LogP contribution in [0, 0.1) is 0 Å². The van der Waals surface area contributed by atoms with E-state index >= 15 is 0 Å². The number of hydrogen-bond acceptors (Lipinski definition) is 0. The quantitative estimate of drug-likeness (QED) is 0.605. The molecule has 0 nitrogen and oxygen atoms in total. The van der Waals surface area contributed by atoms with Crippen LogP contribution in [0.3, 0.4) is 0 Å². The van der Waals surface area contributed by atoms with Gasteiger partial charge in [-0.2, -0.15) is 0 Å². The zero-order chi connectivity index (χ0) is 9.26. The van der Waals surface area contributed by atoms with E-state index in [-0.39, 0.29) is 0 Å². The maximum atomic E-state index is 2.29. The van der Waals surface area contributed by atoms with Crippen molar-refractivity contribution in [2.75, 3.05) is 0 Å². The van der Waals surface area contributed by atoms with E-state index in [0.717, 1.165) is 0 Å². The van der Waals surface area contributed by atoms with Crippen molar-refractivity contribution in [1.82, 2.24) is 0 Å². The summed E-state index contributed by atoms with van der Waals surface area (Å²) in [6, 6.07) is 6.69. The zero-order valence-corrected chi connectivity index (χ0v) is 8.38. The molecule has 13 heavy (non-hydrogen) atoms. The van der Waals surface area contributed by atoms with Gasteiger partial charge < -0.3 is 0 Å². The fraction of sp³-hybridized carbons (Fsp3) is 0.385. The van der Waals surface area contributed by atoms with Gasteiger partial charge in [-0.05, 0) is 35.4 Å². The highest BCUT2D eigenvalue weighted by Gasteiger charge is 2.10. The zero-order valence-electron chi connectivity index (χ0n) is 8.38. The van der Waals surface area contributed by atoms with E-state index in [9.17, 15) is 0 Å². The molecular weight excluding hydrogens is 156 g/mol. The fourth-order valence-corrected chi connectivity index (χ4v) is 2.00. The summed E-state index contributed by atoms with van der Waals surface area (Å²) in [5.74, 6) is 0.637. The topological polar surface area (TPSA) is 0 Å². The first-order chi connectivity index (χ1) is 6.29. The van der Waals surface area contributed by atoms with Crippen LogP contribution >= 0.6 is 0 Å². The van der Waals surface area contributed by atoms with E-state index in [1.807, 2.05) is 0 Å². The normalized spacial score (nSPS) is 14.7. The smallest absolute Gasteiger partial charge is 0.0193 e. The van der Waals surface area contributed by atoms with Gasteiger partial charge in [0.15, 0.2) is 0 Å². The Morgan fingerprint density at radius 1 is 1.23 bits per heavy atom. The summed E-state index contributed by atoms with van der Waals surface area (Å²) < 4.78 is 0. The van der Waals surface area contributed by atoms with Crippen molar-refractivity contribution < 1.29 is 0 Å². The molecule has 0 heteroatoms. The lowest BCUT2D eigenvalue weighted by Crippen LogP contribution is -2.00. The van der Waals surface area contributed by atoms with Gasteiger partial charge in [-0.1, -0.05) is 44.2 Å². The molecule has 0 unspecified atom stereocenters. The molecular formula is C13H16. The molecule has 1 aliphatic rings. The largest absolute Gasteiger partial charge is 0.0836 e. The summed E-state index contributed by atoms with van der Waals surface area (Å²) in [6.07, 6.45) is 6.99. The Morgan fingerprint density at radius 2 is 2.08 bits per heavy atom. The standard InChI is InChI=1S/C13H16/c1-10(2)12-9-5-7-11-6-3-4-8-13(11)12/h4-5,7-10H,3,6H2,1-2H3. The van der Waals surface area contributed by atoms with Crippen LogP contribution in [-0.4, -0.2) is 0 Å². The van der Waals surface area contributed by atoms with Crippen molar-refractivity contribution >= 4 is 6.08 Å². The fourth-order valence-electron chi connectivity index (χ4n) is 2.00. The van der Waals surface area contributed by atoms with Crippen molar-refractivity contribution in [3.8, 4) is 0 Å². The second-order valence-corrected chi connectivity index (χ2v) is 4.02.